The number of aromatic nitrogens is 2. The highest BCUT2D eigenvalue weighted by Crippen LogP contribution is 2.33. The van der Waals surface area contributed by atoms with E-state index in [2.05, 4.69) is 15.5 Å². The highest BCUT2D eigenvalue weighted by Gasteiger charge is 2.20. The second-order valence-corrected chi connectivity index (χ2v) is 5.90. The summed E-state index contributed by atoms with van der Waals surface area (Å²) in [4.78, 5) is 0. The second kappa shape index (κ2) is 6.99. The minimum absolute atomic E-state index is 0.257. The van der Waals surface area contributed by atoms with Crippen molar-refractivity contribution in [3.05, 3.63) is 75.8 Å². The maximum Gasteiger partial charge on any atom is 0.159 e. The number of hydrogen-bond acceptors (Lipinski definition) is 4. The monoisotopic (exact) mass is 356 g/mol. The van der Waals surface area contributed by atoms with Crippen LogP contribution in [-0.2, 0) is 0 Å². The van der Waals surface area contributed by atoms with Gasteiger partial charge in [0.05, 0.1) is 16.3 Å². The maximum atomic E-state index is 8.55. The molecule has 4 nitrogen and oxygen atoms in total. The Hall–Kier alpha value is -2.43. The van der Waals surface area contributed by atoms with Gasteiger partial charge in [0.15, 0.2) is 5.82 Å². The van der Waals surface area contributed by atoms with Gasteiger partial charge >= 0.3 is 0 Å². The number of hydrogen-bond donors (Lipinski definition) is 2. The van der Waals surface area contributed by atoms with E-state index in [0.717, 1.165) is 5.56 Å². The van der Waals surface area contributed by atoms with E-state index in [4.69, 9.17) is 28.6 Å². The van der Waals surface area contributed by atoms with Crippen molar-refractivity contribution in [3.63, 3.8) is 0 Å². The van der Waals surface area contributed by atoms with E-state index >= 15 is 0 Å². The van der Waals surface area contributed by atoms with E-state index in [1.54, 1.807) is 31.3 Å². The molecule has 0 unspecified atom stereocenters. The summed E-state index contributed by atoms with van der Waals surface area (Å²) in [5.74, 6) is 0.458. The minimum atomic E-state index is 0.257. The van der Waals surface area contributed by atoms with Gasteiger partial charge < -0.3 is 5.32 Å². The van der Waals surface area contributed by atoms with Gasteiger partial charge in [-0.15, -0.1) is 10.2 Å². The zero-order chi connectivity index (χ0) is 17.1. The first-order chi connectivity index (χ1) is 11.6. The number of anilines is 1. The van der Waals surface area contributed by atoms with Crippen LogP contribution in [0.2, 0.25) is 10.0 Å². The van der Waals surface area contributed by atoms with Crippen molar-refractivity contribution >= 4 is 34.7 Å². The third-order valence-corrected chi connectivity index (χ3v) is 4.20. The van der Waals surface area contributed by atoms with Gasteiger partial charge in [-0.3, -0.25) is 5.41 Å². The normalized spacial score (nSPS) is 10.5. The predicted molar refractivity (Wildman–Crippen MR) is 99.4 cm³/mol. The largest absolute Gasteiger partial charge is 0.371 e. The molecular weight excluding hydrogens is 343 g/mol. The molecule has 0 atom stereocenters. The molecule has 2 N–H and O–H groups in total. The van der Waals surface area contributed by atoms with Crippen molar-refractivity contribution in [2.24, 2.45) is 0 Å². The molecular formula is C18H14Cl2N4. The van der Waals surface area contributed by atoms with Gasteiger partial charge in [0.1, 0.15) is 5.69 Å². The fourth-order valence-electron chi connectivity index (χ4n) is 2.36. The Bertz CT molecular complexity index is 878. The second-order valence-electron chi connectivity index (χ2n) is 5.08. The molecule has 0 aliphatic rings. The van der Waals surface area contributed by atoms with Crippen LogP contribution in [0.5, 0.6) is 0 Å². The van der Waals surface area contributed by atoms with E-state index in [1.807, 2.05) is 30.3 Å². The van der Waals surface area contributed by atoms with Gasteiger partial charge in [-0.2, -0.15) is 0 Å². The van der Waals surface area contributed by atoms with Gasteiger partial charge in [-0.25, -0.2) is 0 Å². The molecule has 0 spiro atoms. The molecule has 0 saturated heterocycles. The van der Waals surface area contributed by atoms with Gasteiger partial charge in [0.2, 0.25) is 0 Å². The Morgan fingerprint density at radius 2 is 1.62 bits per heavy atom. The van der Waals surface area contributed by atoms with Crippen molar-refractivity contribution < 1.29 is 0 Å². The fraction of sp³-hybridized carbons (Fsp3) is 0.0556. The maximum absolute atomic E-state index is 8.55. The quantitative estimate of drug-likeness (QED) is 0.653. The van der Waals surface area contributed by atoms with Gasteiger partial charge in [-0.05, 0) is 12.1 Å². The number of halogens is 2. The van der Waals surface area contributed by atoms with Crippen LogP contribution in [0.1, 0.15) is 11.1 Å². The van der Waals surface area contributed by atoms with Crippen molar-refractivity contribution in [3.8, 4) is 11.3 Å². The molecule has 120 valence electrons. The molecule has 0 saturated carbocycles. The Morgan fingerprint density at radius 1 is 0.958 bits per heavy atom. The standard InChI is InChI=1S/C18H14Cl2N4/c1-22-18-14(16(21)11-7-9-13(19)10-8-11)15(20)17(23-24-18)12-5-3-2-4-6-12/h2-10,21H,1H3,(H,22,24). The summed E-state index contributed by atoms with van der Waals surface area (Å²) in [5, 5.41) is 20.9. The Kier molecular flexibility index (Phi) is 4.79. The van der Waals surface area contributed by atoms with Gasteiger partial charge in [-0.1, -0.05) is 65.7 Å². The molecule has 24 heavy (non-hydrogen) atoms. The summed E-state index contributed by atoms with van der Waals surface area (Å²) in [7, 11) is 1.72. The molecule has 1 aromatic heterocycles. The minimum Gasteiger partial charge on any atom is -0.371 e. The third kappa shape index (κ3) is 3.11. The lowest BCUT2D eigenvalue weighted by Gasteiger charge is -2.14. The first-order valence-electron chi connectivity index (χ1n) is 7.26. The van der Waals surface area contributed by atoms with Gasteiger partial charge in [0, 0.05) is 23.2 Å². The molecule has 0 fully saturated rings. The van der Waals surface area contributed by atoms with Crippen LogP contribution in [0, 0.1) is 5.41 Å². The number of benzene rings is 2. The Balaban J connectivity index is 2.15. The third-order valence-electron chi connectivity index (χ3n) is 3.58. The predicted octanol–water partition coefficient (Wildman–Crippen LogP) is 4.91. The van der Waals surface area contributed by atoms with Gasteiger partial charge in [0.25, 0.3) is 0 Å². The molecule has 0 radical (unpaired) electrons. The molecule has 0 amide bonds. The first kappa shape index (κ1) is 16.4. The van der Waals surface area contributed by atoms with E-state index in [1.165, 1.54) is 0 Å². The van der Waals surface area contributed by atoms with Crippen LogP contribution in [-0.4, -0.2) is 23.0 Å². The molecule has 6 heteroatoms. The van der Waals surface area contributed by atoms with E-state index < -0.39 is 0 Å². The summed E-state index contributed by atoms with van der Waals surface area (Å²) in [6, 6.07) is 16.6. The molecule has 0 aliphatic carbocycles. The van der Waals surface area contributed by atoms with E-state index in [0.29, 0.717) is 32.7 Å². The zero-order valence-corrected chi connectivity index (χ0v) is 14.4. The lowest BCUT2D eigenvalue weighted by molar-refractivity contribution is 1.03. The van der Waals surface area contributed by atoms with Crippen LogP contribution in [0.15, 0.2) is 54.6 Å². The van der Waals surface area contributed by atoms with Crippen molar-refractivity contribution in [1.29, 1.82) is 5.41 Å². The summed E-state index contributed by atoms with van der Waals surface area (Å²) >= 11 is 12.5. The fourth-order valence-corrected chi connectivity index (χ4v) is 2.82. The highest BCUT2D eigenvalue weighted by molar-refractivity contribution is 6.38. The molecule has 3 rings (SSSR count). The zero-order valence-electron chi connectivity index (χ0n) is 12.8. The highest BCUT2D eigenvalue weighted by atomic mass is 35.5. The number of rotatable bonds is 4. The van der Waals surface area contributed by atoms with Crippen LogP contribution < -0.4 is 5.32 Å². The topological polar surface area (TPSA) is 61.7 Å². The van der Waals surface area contributed by atoms with Crippen molar-refractivity contribution in [1.82, 2.24) is 10.2 Å². The Labute approximate surface area is 150 Å². The molecule has 1 heterocycles. The van der Waals surface area contributed by atoms with E-state index in [-0.39, 0.29) is 5.71 Å². The van der Waals surface area contributed by atoms with Crippen molar-refractivity contribution in [2.45, 2.75) is 0 Å². The van der Waals surface area contributed by atoms with E-state index in [9.17, 15) is 0 Å². The number of nitrogens with one attached hydrogen (secondary N) is 2. The number of nitrogens with zero attached hydrogens (tertiary/aromatic N) is 2. The van der Waals surface area contributed by atoms with Crippen LogP contribution >= 0.6 is 23.2 Å². The van der Waals surface area contributed by atoms with Crippen LogP contribution in [0.25, 0.3) is 11.3 Å². The SMILES string of the molecule is CNc1nnc(-c2ccccc2)c(Cl)c1C(=N)c1ccc(Cl)cc1. The molecule has 2 aromatic carbocycles. The van der Waals surface area contributed by atoms with Crippen LogP contribution in [0.3, 0.4) is 0 Å². The average Bonchev–Trinajstić information content (AvgIpc) is 2.62. The summed E-state index contributed by atoms with van der Waals surface area (Å²) in [6.45, 7) is 0. The lowest BCUT2D eigenvalue weighted by atomic mass is 10.0. The van der Waals surface area contributed by atoms with Crippen LogP contribution in [0.4, 0.5) is 5.82 Å². The summed E-state index contributed by atoms with van der Waals surface area (Å²) < 4.78 is 0. The summed E-state index contributed by atoms with van der Waals surface area (Å²) in [5.41, 5.74) is 2.86. The van der Waals surface area contributed by atoms with Crippen molar-refractivity contribution in [2.75, 3.05) is 12.4 Å². The smallest absolute Gasteiger partial charge is 0.159 e. The molecule has 0 aliphatic heterocycles. The first-order valence-corrected chi connectivity index (χ1v) is 8.01. The lowest BCUT2D eigenvalue weighted by Crippen LogP contribution is -2.10. The molecule has 3 aromatic rings. The average molecular weight is 357 g/mol. The summed E-state index contributed by atoms with van der Waals surface area (Å²) in [6.07, 6.45) is 0. The Morgan fingerprint density at radius 3 is 2.25 bits per heavy atom. The molecule has 0 bridgehead atoms.